The number of aliphatic hydroxyl groups excluding tert-OH is 3. The zero-order valence-corrected chi connectivity index (χ0v) is 28.3. The molecule has 0 bridgehead atoms. The molecular weight excluding hydrogens is 534 g/mol. The van der Waals surface area contributed by atoms with Crippen LogP contribution in [0.4, 0.5) is 0 Å². The van der Waals surface area contributed by atoms with Crippen LogP contribution < -0.4 is 5.32 Å². The molecule has 0 radical (unpaired) electrons. The van der Waals surface area contributed by atoms with E-state index in [0.717, 1.165) is 44.9 Å². The molecule has 0 rings (SSSR count). The van der Waals surface area contributed by atoms with Crippen LogP contribution in [0.25, 0.3) is 0 Å². The van der Waals surface area contributed by atoms with Crippen LogP contribution in [0.5, 0.6) is 0 Å². The maximum atomic E-state index is 12.3. The van der Waals surface area contributed by atoms with E-state index in [0.29, 0.717) is 6.42 Å². The van der Waals surface area contributed by atoms with Crippen LogP contribution in [0.2, 0.25) is 0 Å². The van der Waals surface area contributed by atoms with Crippen LogP contribution in [0.3, 0.4) is 0 Å². The summed E-state index contributed by atoms with van der Waals surface area (Å²) in [4.78, 5) is 12.3. The van der Waals surface area contributed by atoms with Crippen molar-refractivity contribution in [3.05, 3.63) is 36.5 Å². The molecule has 0 heterocycles. The highest BCUT2D eigenvalue weighted by molar-refractivity contribution is 5.76. The molecule has 0 saturated carbocycles. The van der Waals surface area contributed by atoms with E-state index in [9.17, 15) is 20.1 Å². The highest BCUT2D eigenvalue weighted by atomic mass is 16.3. The van der Waals surface area contributed by atoms with Gasteiger partial charge in [0.25, 0.3) is 0 Å². The Hall–Kier alpha value is -1.43. The number of nitrogens with one attached hydrogen (secondary N) is 1. The third kappa shape index (κ3) is 30.4. The summed E-state index contributed by atoms with van der Waals surface area (Å²) in [6, 6.07) is -0.746. The molecule has 5 nitrogen and oxygen atoms in total. The molecular formula is C38H71NO4. The summed E-state index contributed by atoms with van der Waals surface area (Å²) in [5.74, 6) is -0.327. The summed E-state index contributed by atoms with van der Waals surface area (Å²) in [5, 5.41) is 33.0. The average molecular weight is 606 g/mol. The van der Waals surface area contributed by atoms with Crippen molar-refractivity contribution in [1.82, 2.24) is 5.32 Å². The molecule has 0 aliphatic rings. The Labute approximate surface area is 266 Å². The smallest absolute Gasteiger partial charge is 0.222 e. The van der Waals surface area contributed by atoms with Gasteiger partial charge < -0.3 is 20.6 Å². The van der Waals surface area contributed by atoms with Crippen LogP contribution in [0, 0.1) is 0 Å². The maximum Gasteiger partial charge on any atom is 0.222 e. The predicted molar refractivity (Wildman–Crippen MR) is 185 cm³/mol. The summed E-state index contributed by atoms with van der Waals surface area (Å²) < 4.78 is 0. The van der Waals surface area contributed by atoms with Crippen molar-refractivity contribution in [3.63, 3.8) is 0 Å². The first-order valence-corrected chi connectivity index (χ1v) is 18.3. The molecule has 0 fully saturated rings. The van der Waals surface area contributed by atoms with E-state index >= 15 is 0 Å². The third-order valence-electron chi connectivity index (χ3n) is 8.17. The predicted octanol–water partition coefficient (Wildman–Crippen LogP) is 9.65. The van der Waals surface area contributed by atoms with E-state index in [4.69, 9.17) is 0 Å². The molecule has 0 spiro atoms. The zero-order valence-electron chi connectivity index (χ0n) is 28.3. The van der Waals surface area contributed by atoms with Gasteiger partial charge in [-0.2, -0.15) is 0 Å². The van der Waals surface area contributed by atoms with Gasteiger partial charge in [0, 0.05) is 0 Å². The van der Waals surface area contributed by atoms with Crippen molar-refractivity contribution < 1.29 is 20.1 Å². The minimum absolute atomic E-state index is 0.00349. The number of allylic oxidation sites excluding steroid dienone is 5. The van der Waals surface area contributed by atoms with Crippen molar-refractivity contribution in [2.45, 2.75) is 193 Å². The van der Waals surface area contributed by atoms with Gasteiger partial charge in [0.2, 0.25) is 5.91 Å². The fourth-order valence-electron chi connectivity index (χ4n) is 5.31. The number of aliphatic hydroxyl groups is 3. The first-order chi connectivity index (χ1) is 21.0. The van der Waals surface area contributed by atoms with E-state index in [1.54, 1.807) is 6.08 Å². The number of rotatable bonds is 32. The Morgan fingerprint density at radius 3 is 1.58 bits per heavy atom. The van der Waals surface area contributed by atoms with E-state index in [-0.39, 0.29) is 18.9 Å². The molecule has 5 heteroatoms. The fourth-order valence-corrected chi connectivity index (χ4v) is 5.31. The first-order valence-electron chi connectivity index (χ1n) is 18.3. The molecule has 4 N–H and O–H groups in total. The first kappa shape index (κ1) is 41.6. The zero-order chi connectivity index (χ0) is 31.6. The lowest BCUT2D eigenvalue weighted by atomic mass is 10.0. The number of hydrogen-bond donors (Lipinski definition) is 4. The number of unbranched alkanes of at least 4 members (excludes halogenated alkanes) is 19. The Morgan fingerprint density at radius 2 is 1.05 bits per heavy atom. The van der Waals surface area contributed by atoms with E-state index in [1.807, 2.05) is 6.08 Å². The van der Waals surface area contributed by atoms with Gasteiger partial charge in [-0.05, 0) is 51.4 Å². The number of carbonyl (C=O) groups is 1. The Morgan fingerprint density at radius 1 is 0.605 bits per heavy atom. The normalized spacial score (nSPS) is 14.3. The van der Waals surface area contributed by atoms with E-state index in [1.165, 1.54) is 103 Å². The van der Waals surface area contributed by atoms with Crippen LogP contribution in [-0.4, -0.2) is 46.1 Å². The second kappa shape index (κ2) is 33.5. The Kier molecular flexibility index (Phi) is 32.3. The number of hydrogen-bond acceptors (Lipinski definition) is 4. The van der Waals surface area contributed by atoms with Gasteiger partial charge in [-0.25, -0.2) is 0 Å². The molecule has 252 valence electrons. The quantitative estimate of drug-likeness (QED) is 0.0454. The molecule has 3 atom stereocenters. The number of carbonyl (C=O) groups excluding carboxylic acids is 1. The molecule has 43 heavy (non-hydrogen) atoms. The lowest BCUT2D eigenvalue weighted by molar-refractivity contribution is -0.124. The van der Waals surface area contributed by atoms with E-state index in [2.05, 4.69) is 43.5 Å². The molecule has 0 aromatic rings. The molecule has 0 aliphatic carbocycles. The van der Waals surface area contributed by atoms with Crippen molar-refractivity contribution >= 4 is 5.91 Å². The topological polar surface area (TPSA) is 89.8 Å². The third-order valence-corrected chi connectivity index (χ3v) is 8.17. The largest absolute Gasteiger partial charge is 0.394 e. The SMILES string of the molecule is CCCCC/C=C\C/C=C\CCCCCCCC(O)CC(=O)NC(CO)C(O)/C=C/CCCCCCCCCCCCC. The lowest BCUT2D eigenvalue weighted by Gasteiger charge is -2.21. The summed E-state index contributed by atoms with van der Waals surface area (Å²) in [5.41, 5.74) is 0. The monoisotopic (exact) mass is 606 g/mol. The van der Waals surface area contributed by atoms with Gasteiger partial charge >= 0.3 is 0 Å². The summed E-state index contributed by atoms with van der Waals surface area (Å²) in [7, 11) is 0. The van der Waals surface area contributed by atoms with Gasteiger partial charge in [-0.15, -0.1) is 0 Å². The minimum atomic E-state index is -0.930. The van der Waals surface area contributed by atoms with Crippen molar-refractivity contribution in [3.8, 4) is 0 Å². The Balaban J connectivity index is 3.78. The summed E-state index contributed by atoms with van der Waals surface area (Å²) in [6.45, 7) is 4.15. The van der Waals surface area contributed by atoms with Crippen molar-refractivity contribution in [1.29, 1.82) is 0 Å². The van der Waals surface area contributed by atoms with Gasteiger partial charge in [0.1, 0.15) is 0 Å². The maximum absolute atomic E-state index is 12.3. The average Bonchev–Trinajstić information content (AvgIpc) is 3.00. The summed E-state index contributed by atoms with van der Waals surface area (Å²) >= 11 is 0. The molecule has 0 aliphatic heterocycles. The molecule has 0 aromatic carbocycles. The van der Waals surface area contributed by atoms with Gasteiger partial charge in [-0.1, -0.05) is 153 Å². The second-order valence-electron chi connectivity index (χ2n) is 12.5. The standard InChI is InChI=1S/C38H71NO4/c1-3-5-7-9-11-13-15-17-18-20-21-23-25-27-29-31-35(41)33-38(43)39-36(34-40)37(42)32-30-28-26-24-22-19-16-14-12-10-8-6-4-2/h11,13,17-18,30,32,35-37,40-42H,3-10,12,14-16,19-29,31,33-34H2,1-2H3,(H,39,43)/b13-11-,18-17-,32-30+. The van der Waals surface area contributed by atoms with Gasteiger partial charge in [0.15, 0.2) is 0 Å². The van der Waals surface area contributed by atoms with Gasteiger partial charge in [0.05, 0.1) is 31.3 Å². The number of amides is 1. The minimum Gasteiger partial charge on any atom is -0.394 e. The fraction of sp³-hybridized carbons (Fsp3) is 0.816. The Bertz CT molecular complexity index is 675. The van der Waals surface area contributed by atoms with Crippen LogP contribution >= 0.6 is 0 Å². The molecule has 3 unspecified atom stereocenters. The summed E-state index contributed by atoms with van der Waals surface area (Å²) in [6.07, 6.45) is 39.7. The molecule has 1 amide bonds. The van der Waals surface area contributed by atoms with Crippen molar-refractivity contribution in [2.75, 3.05) is 6.61 Å². The highest BCUT2D eigenvalue weighted by Crippen LogP contribution is 2.13. The highest BCUT2D eigenvalue weighted by Gasteiger charge is 2.20. The van der Waals surface area contributed by atoms with Crippen LogP contribution in [0.1, 0.15) is 174 Å². The van der Waals surface area contributed by atoms with Crippen LogP contribution in [0.15, 0.2) is 36.5 Å². The van der Waals surface area contributed by atoms with Gasteiger partial charge in [-0.3, -0.25) is 4.79 Å². The molecule has 0 saturated heterocycles. The van der Waals surface area contributed by atoms with Crippen LogP contribution in [-0.2, 0) is 4.79 Å². The lowest BCUT2D eigenvalue weighted by Crippen LogP contribution is -2.45. The second-order valence-corrected chi connectivity index (χ2v) is 12.5. The van der Waals surface area contributed by atoms with E-state index < -0.39 is 18.2 Å². The van der Waals surface area contributed by atoms with Crippen molar-refractivity contribution in [2.24, 2.45) is 0 Å². The molecule has 0 aromatic heterocycles.